The van der Waals surface area contributed by atoms with Gasteiger partial charge in [0.15, 0.2) is 11.3 Å². The van der Waals surface area contributed by atoms with E-state index in [1.54, 1.807) is 29.0 Å². The number of β-lactam (4-membered cyclic amide) rings is 1. The monoisotopic (exact) mass is 576 g/mol. The van der Waals surface area contributed by atoms with Crippen LogP contribution in [0.25, 0.3) is 5.65 Å². The summed E-state index contributed by atoms with van der Waals surface area (Å²) >= 11 is 2.19. The Bertz CT molecular complexity index is 1520. The largest absolute Gasteiger partial charge is 0.479 e. The van der Waals surface area contributed by atoms with Crippen LogP contribution < -0.4 is 20.4 Å². The number of ether oxygens (including phenoxy) is 2. The van der Waals surface area contributed by atoms with Gasteiger partial charge in [-0.3, -0.25) is 14.5 Å². The average molecular weight is 577 g/mol. The van der Waals surface area contributed by atoms with Gasteiger partial charge in [0.1, 0.15) is 29.9 Å². The lowest BCUT2D eigenvalue weighted by molar-refractivity contribution is -0.662. The number of carboxylic acids is 1. The lowest BCUT2D eigenvalue weighted by Crippen LogP contribution is -2.71. The summed E-state index contributed by atoms with van der Waals surface area (Å²) in [5.74, 6) is -1.93. The molecule has 204 valence electrons. The van der Waals surface area contributed by atoms with Crippen LogP contribution in [0.5, 0.6) is 5.88 Å². The Kier molecular flexibility index (Phi) is 7.31. The first-order valence-electron chi connectivity index (χ1n) is 11.2. The molecule has 3 aromatic rings. The van der Waals surface area contributed by atoms with E-state index in [1.165, 1.54) is 30.9 Å². The van der Waals surface area contributed by atoms with Gasteiger partial charge in [0.25, 0.3) is 17.7 Å². The summed E-state index contributed by atoms with van der Waals surface area (Å²) < 4.78 is 17.3. The summed E-state index contributed by atoms with van der Waals surface area (Å²) in [6.07, 6.45) is 3.48. The van der Waals surface area contributed by atoms with Gasteiger partial charge in [0.2, 0.25) is 18.3 Å². The molecule has 1 fully saturated rings. The Labute approximate surface area is 228 Å². The topological polar surface area (TPSA) is 200 Å². The molecule has 4 N–H and O–H groups in total. The van der Waals surface area contributed by atoms with E-state index in [2.05, 4.69) is 24.9 Å². The number of nitrogens with two attached hydrogens (primary N) is 1. The van der Waals surface area contributed by atoms with Gasteiger partial charge >= 0.3 is 11.6 Å². The van der Waals surface area contributed by atoms with Crippen LogP contribution in [0.15, 0.2) is 41.0 Å². The summed E-state index contributed by atoms with van der Waals surface area (Å²) in [7, 11) is 2.89. The fourth-order valence-corrected chi connectivity index (χ4v) is 5.86. The summed E-state index contributed by atoms with van der Waals surface area (Å²) in [5.41, 5.74) is 6.45. The molecule has 2 amide bonds. The molecular formula is C21H22N9O7S2+. The maximum atomic E-state index is 13.1. The molecule has 18 heteroatoms. The van der Waals surface area contributed by atoms with Crippen molar-refractivity contribution in [3.05, 3.63) is 41.6 Å². The molecule has 5 rings (SSSR count). The molecule has 2 aliphatic heterocycles. The average Bonchev–Trinajstić information content (AvgIpc) is 3.54. The molecule has 2 aliphatic rings. The number of rotatable bonds is 10. The van der Waals surface area contributed by atoms with Gasteiger partial charge in [-0.1, -0.05) is 9.67 Å². The molecule has 5 heterocycles. The smallest absolute Gasteiger partial charge is 0.352 e. The number of oxime groups is 1. The standard InChI is InChI=1S/C21H21N9O7S2/c1-35-9-37-26-13(16-24-21(22)39-27-16)17(31)23-14-18(32)30-15(20(33)34)10(8-38-19(14)30)7-28-5-6-29-12(28)4-3-11(25-29)36-2/h3-6,14,19H,7-9H2,1-2H3,(H3-,22,23,24,27,31,33,34)/p+1/b26-13-/t14-,19-/m1/s1. The molecule has 39 heavy (non-hydrogen) atoms. The third kappa shape index (κ3) is 4.95. The summed E-state index contributed by atoms with van der Waals surface area (Å²) in [6.45, 7) is -0.0173. The number of aromatic nitrogens is 5. The predicted molar refractivity (Wildman–Crippen MR) is 135 cm³/mol. The van der Waals surface area contributed by atoms with E-state index in [4.69, 9.17) is 20.0 Å². The van der Waals surface area contributed by atoms with Gasteiger partial charge in [-0.2, -0.15) is 9.36 Å². The Morgan fingerprint density at radius 1 is 1.36 bits per heavy atom. The zero-order chi connectivity index (χ0) is 27.7. The van der Waals surface area contributed by atoms with Crippen molar-refractivity contribution < 1.29 is 38.4 Å². The Balaban J connectivity index is 1.36. The maximum absolute atomic E-state index is 13.1. The van der Waals surface area contributed by atoms with Crippen molar-refractivity contribution in [2.75, 3.05) is 32.5 Å². The van der Waals surface area contributed by atoms with Gasteiger partial charge < -0.3 is 30.5 Å². The first kappa shape index (κ1) is 26.3. The van der Waals surface area contributed by atoms with Crippen molar-refractivity contribution in [1.82, 2.24) is 29.2 Å². The molecule has 0 aliphatic carbocycles. The normalized spacial score (nSPS) is 19.1. The zero-order valence-corrected chi connectivity index (χ0v) is 22.1. The zero-order valence-electron chi connectivity index (χ0n) is 20.5. The number of hydrogen-bond donors (Lipinski definition) is 3. The minimum Gasteiger partial charge on any atom is -0.479 e. The highest BCUT2D eigenvalue weighted by Crippen LogP contribution is 2.40. The highest BCUT2D eigenvalue weighted by Gasteiger charge is 2.54. The van der Waals surface area contributed by atoms with Crippen LogP contribution in [0.4, 0.5) is 5.13 Å². The van der Waals surface area contributed by atoms with E-state index in [0.29, 0.717) is 22.9 Å². The lowest BCUT2D eigenvalue weighted by atomic mass is 10.0. The van der Waals surface area contributed by atoms with Crippen molar-refractivity contribution in [3.8, 4) is 5.88 Å². The third-order valence-electron chi connectivity index (χ3n) is 5.80. The van der Waals surface area contributed by atoms with Crippen LogP contribution in [0.1, 0.15) is 5.82 Å². The molecule has 16 nitrogen and oxygen atoms in total. The van der Waals surface area contributed by atoms with Crippen LogP contribution >= 0.6 is 23.3 Å². The van der Waals surface area contributed by atoms with Gasteiger partial charge in [-0.05, 0) is 5.10 Å². The SMILES string of the molecule is COCO/N=C(\C(=O)N[C@@H]1C(=O)N2C(C(=O)O)=C(C[n+]3ccn4nc(OC)ccc43)CS[C@H]12)c1nsc(N)n1. The quantitative estimate of drug-likeness (QED) is 0.0653. The Morgan fingerprint density at radius 3 is 2.87 bits per heavy atom. The Hall–Kier alpha value is -4.29. The maximum Gasteiger partial charge on any atom is 0.352 e. The lowest BCUT2D eigenvalue weighted by Gasteiger charge is -2.49. The number of carbonyl (C=O) groups is 3. The van der Waals surface area contributed by atoms with Crippen LogP contribution in [0.2, 0.25) is 0 Å². The van der Waals surface area contributed by atoms with E-state index < -0.39 is 29.2 Å². The van der Waals surface area contributed by atoms with Crippen LogP contribution in [0, 0.1) is 0 Å². The van der Waals surface area contributed by atoms with Gasteiger partial charge in [-0.15, -0.1) is 11.8 Å². The number of nitrogens with zero attached hydrogens (tertiary/aromatic N) is 7. The van der Waals surface area contributed by atoms with Crippen LogP contribution in [-0.2, 0) is 30.5 Å². The molecule has 0 unspecified atom stereocenters. The van der Waals surface area contributed by atoms with Gasteiger partial charge in [0.05, 0.1) is 7.11 Å². The highest BCUT2D eigenvalue weighted by molar-refractivity contribution is 8.00. The number of carbonyl (C=O) groups excluding carboxylic acids is 2. The van der Waals surface area contributed by atoms with E-state index in [-0.39, 0.29) is 35.7 Å². The Morgan fingerprint density at radius 2 is 2.18 bits per heavy atom. The highest BCUT2D eigenvalue weighted by atomic mass is 32.2. The van der Waals surface area contributed by atoms with Gasteiger partial charge in [0, 0.05) is 42.1 Å². The van der Waals surface area contributed by atoms with Crippen LogP contribution in [-0.4, -0.2) is 90.7 Å². The van der Waals surface area contributed by atoms with Crippen LogP contribution in [0.3, 0.4) is 0 Å². The second-order valence-corrected chi connectivity index (χ2v) is 10.0. The number of hydrogen-bond acceptors (Lipinski definition) is 13. The molecule has 0 aromatic carbocycles. The fourth-order valence-electron chi connectivity index (χ4n) is 4.09. The van der Waals surface area contributed by atoms with Crippen molar-refractivity contribution >= 4 is 57.6 Å². The summed E-state index contributed by atoms with van der Waals surface area (Å²) in [6, 6.07) is 2.50. The number of thioether (sulfide) groups is 1. The minimum absolute atomic E-state index is 0.0802. The van der Waals surface area contributed by atoms with E-state index in [0.717, 1.165) is 11.5 Å². The molecule has 0 spiro atoms. The number of methoxy groups -OCH3 is 2. The molecule has 0 saturated carbocycles. The second-order valence-electron chi connectivity index (χ2n) is 8.15. The summed E-state index contributed by atoms with van der Waals surface area (Å²) in [5, 5.41) is 20.1. The number of aliphatic carboxylic acids is 1. The number of anilines is 1. The molecule has 0 radical (unpaired) electrons. The third-order valence-corrected chi connectivity index (χ3v) is 7.68. The minimum atomic E-state index is -1.24. The first-order chi connectivity index (χ1) is 18.8. The van der Waals surface area contributed by atoms with Crippen molar-refractivity contribution in [1.29, 1.82) is 0 Å². The van der Waals surface area contributed by atoms with Gasteiger partial charge in [-0.25, -0.2) is 9.36 Å². The fraction of sp³-hybridized carbons (Fsp3) is 0.333. The molecule has 3 aromatic heterocycles. The van der Waals surface area contributed by atoms with E-state index in [1.807, 2.05) is 4.57 Å². The summed E-state index contributed by atoms with van der Waals surface area (Å²) in [4.78, 5) is 48.5. The number of amides is 2. The first-order valence-corrected chi connectivity index (χ1v) is 13.1. The molecule has 2 atom stereocenters. The van der Waals surface area contributed by atoms with Crippen molar-refractivity contribution in [3.63, 3.8) is 0 Å². The van der Waals surface area contributed by atoms with E-state index >= 15 is 0 Å². The number of imidazole rings is 1. The number of nitrogen functional groups attached to an aromatic ring is 1. The number of carboxylic acid groups (broad SMARTS) is 1. The number of nitrogens with one attached hydrogen (secondary N) is 1. The van der Waals surface area contributed by atoms with E-state index in [9.17, 15) is 19.5 Å². The number of fused-ring (bicyclic) bond motifs is 2. The second kappa shape index (κ2) is 10.8. The van der Waals surface area contributed by atoms with Crippen molar-refractivity contribution in [2.45, 2.75) is 18.0 Å². The molecular weight excluding hydrogens is 554 g/mol. The molecule has 0 bridgehead atoms. The predicted octanol–water partition coefficient (Wildman–Crippen LogP) is -1.17. The van der Waals surface area contributed by atoms with Crippen molar-refractivity contribution in [2.24, 2.45) is 5.16 Å². The molecule has 1 saturated heterocycles.